The Balaban J connectivity index is 1.62. The number of thioether (sulfide) groups is 1. The molecule has 1 unspecified atom stereocenters. The maximum atomic E-state index is 13.6. The number of hydrogen-bond donors (Lipinski definition) is 2. The van der Waals surface area contributed by atoms with Gasteiger partial charge >= 0.3 is 0 Å². The van der Waals surface area contributed by atoms with E-state index in [1.54, 1.807) is 12.1 Å². The van der Waals surface area contributed by atoms with Crippen LogP contribution >= 0.6 is 11.8 Å². The fraction of sp³-hybridized carbons (Fsp3) is 0.562. The van der Waals surface area contributed by atoms with Gasteiger partial charge in [-0.05, 0) is 18.6 Å². The van der Waals surface area contributed by atoms with E-state index in [-0.39, 0.29) is 11.7 Å². The molecular formula is C16H24FN3OS. The van der Waals surface area contributed by atoms with E-state index in [4.69, 9.17) is 0 Å². The van der Waals surface area contributed by atoms with Crippen LogP contribution in [0.5, 0.6) is 0 Å². The van der Waals surface area contributed by atoms with Crippen LogP contribution in [0, 0.1) is 5.82 Å². The Morgan fingerprint density at radius 2 is 2.32 bits per heavy atom. The van der Waals surface area contributed by atoms with Crippen molar-refractivity contribution in [2.45, 2.75) is 18.9 Å². The fourth-order valence-corrected chi connectivity index (χ4v) is 3.42. The molecule has 0 bridgehead atoms. The molecule has 122 valence electrons. The first-order valence-electron chi connectivity index (χ1n) is 7.70. The highest BCUT2D eigenvalue weighted by Gasteiger charge is 2.16. The van der Waals surface area contributed by atoms with Crippen molar-refractivity contribution in [1.29, 1.82) is 0 Å². The summed E-state index contributed by atoms with van der Waals surface area (Å²) in [5, 5.41) is 6.30. The van der Waals surface area contributed by atoms with Gasteiger partial charge in [0.2, 0.25) is 5.91 Å². The van der Waals surface area contributed by atoms with Gasteiger partial charge in [-0.3, -0.25) is 4.79 Å². The van der Waals surface area contributed by atoms with Crippen LogP contribution in [0.4, 0.5) is 10.1 Å². The lowest BCUT2D eigenvalue weighted by atomic mass is 10.2. The zero-order valence-corrected chi connectivity index (χ0v) is 13.8. The summed E-state index contributed by atoms with van der Waals surface area (Å²) in [5.74, 6) is 2.01. The van der Waals surface area contributed by atoms with E-state index in [1.807, 2.05) is 29.8 Å². The number of anilines is 1. The van der Waals surface area contributed by atoms with E-state index in [0.717, 1.165) is 24.5 Å². The molecule has 6 heteroatoms. The van der Waals surface area contributed by atoms with Crippen molar-refractivity contribution in [3.8, 4) is 0 Å². The Labute approximate surface area is 135 Å². The second-order valence-electron chi connectivity index (χ2n) is 5.51. The van der Waals surface area contributed by atoms with Gasteiger partial charge in [0.1, 0.15) is 5.82 Å². The summed E-state index contributed by atoms with van der Waals surface area (Å²) in [6.07, 6.45) is 1.33. The summed E-state index contributed by atoms with van der Waals surface area (Å²) < 4.78 is 13.6. The molecule has 1 heterocycles. The van der Waals surface area contributed by atoms with Crippen LogP contribution in [-0.2, 0) is 4.79 Å². The summed E-state index contributed by atoms with van der Waals surface area (Å²) in [4.78, 5) is 13.7. The number of benzene rings is 1. The average molecular weight is 325 g/mol. The summed E-state index contributed by atoms with van der Waals surface area (Å²) in [7, 11) is 1.86. The third-order valence-electron chi connectivity index (χ3n) is 3.69. The van der Waals surface area contributed by atoms with Crippen molar-refractivity contribution in [2.75, 3.05) is 43.1 Å². The molecule has 4 nitrogen and oxygen atoms in total. The van der Waals surface area contributed by atoms with Crippen molar-refractivity contribution >= 4 is 23.4 Å². The number of amides is 1. The third kappa shape index (κ3) is 5.50. The van der Waals surface area contributed by atoms with Crippen molar-refractivity contribution in [2.24, 2.45) is 0 Å². The quantitative estimate of drug-likeness (QED) is 0.751. The van der Waals surface area contributed by atoms with Crippen molar-refractivity contribution < 1.29 is 9.18 Å². The molecule has 1 fully saturated rings. The molecule has 0 aliphatic carbocycles. The van der Waals surface area contributed by atoms with Crippen LogP contribution in [0.15, 0.2) is 24.3 Å². The zero-order valence-electron chi connectivity index (χ0n) is 13.0. The minimum Gasteiger partial charge on any atom is -0.372 e. The largest absolute Gasteiger partial charge is 0.372 e. The van der Waals surface area contributed by atoms with E-state index < -0.39 is 0 Å². The Morgan fingerprint density at radius 3 is 3.05 bits per heavy atom. The van der Waals surface area contributed by atoms with Crippen LogP contribution in [-0.4, -0.2) is 50.1 Å². The van der Waals surface area contributed by atoms with Gasteiger partial charge < -0.3 is 15.5 Å². The molecule has 1 aliphatic heterocycles. The first-order chi connectivity index (χ1) is 10.7. The number of rotatable bonds is 7. The van der Waals surface area contributed by atoms with Gasteiger partial charge in [-0.25, -0.2) is 4.39 Å². The molecule has 1 amide bonds. The maximum absolute atomic E-state index is 13.6. The zero-order chi connectivity index (χ0) is 15.8. The van der Waals surface area contributed by atoms with Gasteiger partial charge in [0, 0.05) is 50.7 Å². The highest BCUT2D eigenvalue weighted by Crippen LogP contribution is 2.16. The average Bonchev–Trinajstić information content (AvgIpc) is 2.53. The Hall–Kier alpha value is -1.27. The molecule has 22 heavy (non-hydrogen) atoms. The minimum absolute atomic E-state index is 0.0912. The van der Waals surface area contributed by atoms with Gasteiger partial charge in [0.25, 0.3) is 0 Å². The molecule has 1 aromatic carbocycles. The van der Waals surface area contributed by atoms with Gasteiger partial charge in [0.05, 0.1) is 5.69 Å². The van der Waals surface area contributed by atoms with E-state index in [2.05, 4.69) is 10.6 Å². The summed E-state index contributed by atoms with van der Waals surface area (Å²) >= 11 is 1.89. The summed E-state index contributed by atoms with van der Waals surface area (Å²) in [6.45, 7) is 2.31. The normalized spacial score (nSPS) is 18.0. The lowest BCUT2D eigenvalue weighted by Crippen LogP contribution is -2.41. The molecule has 1 aliphatic rings. The van der Waals surface area contributed by atoms with Crippen LogP contribution in [0.25, 0.3) is 0 Å². The molecule has 0 spiro atoms. The molecule has 1 saturated heterocycles. The molecule has 0 saturated carbocycles. The van der Waals surface area contributed by atoms with Gasteiger partial charge in [-0.15, -0.1) is 0 Å². The number of hydrogen-bond acceptors (Lipinski definition) is 4. The fourth-order valence-electron chi connectivity index (χ4n) is 2.47. The standard InChI is InChI=1S/C16H24FN3OS/c1-20(15-6-3-2-5-14(15)17)9-4-7-19-16(21)11-13-12-22-10-8-18-13/h2-3,5-6,13,18H,4,7-12H2,1H3,(H,19,21). The Morgan fingerprint density at radius 1 is 1.50 bits per heavy atom. The molecule has 2 rings (SSSR count). The highest BCUT2D eigenvalue weighted by molar-refractivity contribution is 7.99. The first-order valence-corrected chi connectivity index (χ1v) is 8.86. The molecule has 0 radical (unpaired) electrons. The van der Waals surface area contributed by atoms with E-state index in [1.165, 1.54) is 6.07 Å². The SMILES string of the molecule is CN(CCCNC(=O)CC1CSCCN1)c1ccccc1F. The predicted octanol–water partition coefficient (Wildman–Crippen LogP) is 1.86. The Bertz CT molecular complexity index is 480. The van der Waals surface area contributed by atoms with Gasteiger partial charge in [0.15, 0.2) is 0 Å². The van der Waals surface area contributed by atoms with Crippen LogP contribution in [0.1, 0.15) is 12.8 Å². The lowest BCUT2D eigenvalue weighted by molar-refractivity contribution is -0.121. The highest BCUT2D eigenvalue weighted by atomic mass is 32.2. The van der Waals surface area contributed by atoms with Gasteiger partial charge in [-0.2, -0.15) is 11.8 Å². The summed E-state index contributed by atoms with van der Waals surface area (Å²) in [5.41, 5.74) is 0.595. The van der Waals surface area contributed by atoms with Crippen molar-refractivity contribution in [1.82, 2.24) is 10.6 Å². The number of nitrogens with zero attached hydrogens (tertiary/aromatic N) is 1. The molecule has 1 aromatic rings. The van der Waals surface area contributed by atoms with E-state index in [9.17, 15) is 9.18 Å². The number of halogens is 1. The van der Waals surface area contributed by atoms with Crippen molar-refractivity contribution in [3.63, 3.8) is 0 Å². The molecule has 0 aromatic heterocycles. The van der Waals surface area contributed by atoms with Crippen LogP contribution in [0.2, 0.25) is 0 Å². The number of carbonyl (C=O) groups is 1. The molecule has 2 N–H and O–H groups in total. The van der Waals surface area contributed by atoms with E-state index >= 15 is 0 Å². The van der Waals surface area contributed by atoms with Crippen LogP contribution < -0.4 is 15.5 Å². The maximum Gasteiger partial charge on any atom is 0.221 e. The first kappa shape index (κ1) is 17.1. The molecular weight excluding hydrogens is 301 g/mol. The summed E-state index contributed by atoms with van der Waals surface area (Å²) in [6, 6.07) is 7.03. The number of para-hydroxylation sites is 1. The predicted molar refractivity (Wildman–Crippen MR) is 91.0 cm³/mol. The van der Waals surface area contributed by atoms with E-state index in [0.29, 0.717) is 31.2 Å². The monoisotopic (exact) mass is 325 g/mol. The van der Waals surface area contributed by atoms with Crippen molar-refractivity contribution in [3.05, 3.63) is 30.1 Å². The topological polar surface area (TPSA) is 44.4 Å². The van der Waals surface area contributed by atoms with Crippen LogP contribution in [0.3, 0.4) is 0 Å². The third-order valence-corrected chi connectivity index (χ3v) is 4.82. The minimum atomic E-state index is -0.213. The van der Waals surface area contributed by atoms with Gasteiger partial charge in [-0.1, -0.05) is 12.1 Å². The number of carbonyl (C=O) groups excluding carboxylic acids is 1. The Kier molecular flexibility index (Phi) is 6.99. The number of nitrogens with one attached hydrogen (secondary N) is 2. The second-order valence-corrected chi connectivity index (χ2v) is 6.66. The second kappa shape index (κ2) is 9.00. The molecule has 1 atom stereocenters. The smallest absolute Gasteiger partial charge is 0.221 e. The lowest BCUT2D eigenvalue weighted by Gasteiger charge is -2.23.